The summed E-state index contributed by atoms with van der Waals surface area (Å²) in [6, 6.07) is 5.62. The Kier molecular flexibility index (Phi) is 4.62. The number of nitrogens with zero attached hydrogens (tertiary/aromatic N) is 6. The van der Waals surface area contributed by atoms with Gasteiger partial charge >= 0.3 is 0 Å². The minimum absolute atomic E-state index is 0.0514. The molecular formula is C21H22N6O2. The van der Waals surface area contributed by atoms with Gasteiger partial charge in [0.15, 0.2) is 0 Å². The fourth-order valence-corrected chi connectivity index (χ4v) is 3.70. The van der Waals surface area contributed by atoms with Crippen LogP contribution in [0.4, 0.5) is 5.95 Å². The number of aliphatic imine (C=N–C) groups is 1. The molecule has 0 unspecified atom stereocenters. The van der Waals surface area contributed by atoms with E-state index in [9.17, 15) is 9.59 Å². The largest absolute Gasteiger partial charge is 0.307 e. The van der Waals surface area contributed by atoms with Crippen molar-refractivity contribution >= 4 is 28.5 Å². The van der Waals surface area contributed by atoms with E-state index in [1.807, 2.05) is 41.8 Å². The van der Waals surface area contributed by atoms with Gasteiger partial charge in [0, 0.05) is 39.7 Å². The SMILES string of the molecule is C/C=C\C(=N/C)c1nc2n(c1-c1ccc3ncn(C)c(=O)c3c1)CCN2C(C)=O. The van der Waals surface area contributed by atoms with Crippen molar-refractivity contribution in [3.63, 3.8) is 0 Å². The first-order valence-corrected chi connectivity index (χ1v) is 9.40. The van der Waals surface area contributed by atoms with Crippen molar-refractivity contribution in [1.29, 1.82) is 0 Å². The van der Waals surface area contributed by atoms with Gasteiger partial charge < -0.3 is 9.13 Å². The molecule has 3 heterocycles. The van der Waals surface area contributed by atoms with Crippen LogP contribution in [0.1, 0.15) is 19.5 Å². The van der Waals surface area contributed by atoms with Crippen LogP contribution in [-0.2, 0) is 18.4 Å². The van der Waals surface area contributed by atoms with E-state index >= 15 is 0 Å². The molecule has 1 aliphatic rings. The summed E-state index contributed by atoms with van der Waals surface area (Å²) in [7, 11) is 3.40. The molecule has 8 nitrogen and oxygen atoms in total. The summed E-state index contributed by atoms with van der Waals surface area (Å²) in [6.07, 6.45) is 5.31. The smallest absolute Gasteiger partial charge is 0.260 e. The van der Waals surface area contributed by atoms with Crippen molar-refractivity contribution in [2.75, 3.05) is 18.5 Å². The third kappa shape index (κ3) is 2.97. The molecule has 0 radical (unpaired) electrons. The van der Waals surface area contributed by atoms with Crippen LogP contribution in [0.15, 0.2) is 46.5 Å². The predicted molar refractivity (Wildman–Crippen MR) is 114 cm³/mol. The van der Waals surface area contributed by atoms with Crippen molar-refractivity contribution in [2.45, 2.75) is 20.4 Å². The second-order valence-electron chi connectivity index (χ2n) is 6.93. The lowest BCUT2D eigenvalue weighted by Gasteiger charge is -2.09. The Hall–Kier alpha value is -3.55. The standard InChI is InChI=1S/C21H22N6O2/c1-5-6-17(22-3)18-19(27-10-9-26(13(2)28)21(27)24-18)14-7-8-16-15(11-14)20(29)25(4)12-23-16/h5-8,11-12H,9-10H2,1-4H3/b6-5-,22-17+. The first-order valence-electron chi connectivity index (χ1n) is 9.40. The van der Waals surface area contributed by atoms with E-state index in [1.54, 1.807) is 19.0 Å². The maximum absolute atomic E-state index is 12.6. The molecule has 1 aliphatic heterocycles. The van der Waals surface area contributed by atoms with Crippen molar-refractivity contribution in [3.8, 4) is 11.3 Å². The Labute approximate surface area is 167 Å². The van der Waals surface area contributed by atoms with Gasteiger partial charge in [-0.3, -0.25) is 19.5 Å². The van der Waals surface area contributed by atoms with Gasteiger partial charge in [0.2, 0.25) is 11.9 Å². The van der Waals surface area contributed by atoms with E-state index in [4.69, 9.17) is 4.98 Å². The van der Waals surface area contributed by atoms with Crippen LogP contribution in [0.2, 0.25) is 0 Å². The van der Waals surface area contributed by atoms with Crippen LogP contribution in [0, 0.1) is 0 Å². The van der Waals surface area contributed by atoms with Crippen LogP contribution in [-0.4, -0.2) is 44.3 Å². The average molecular weight is 390 g/mol. The number of rotatable bonds is 3. The number of fused-ring (bicyclic) bond motifs is 2. The van der Waals surface area contributed by atoms with Gasteiger partial charge in [0.25, 0.3) is 5.56 Å². The third-order valence-corrected chi connectivity index (χ3v) is 5.12. The fraction of sp³-hybridized carbons (Fsp3) is 0.286. The molecular weight excluding hydrogens is 368 g/mol. The van der Waals surface area contributed by atoms with Gasteiger partial charge in [-0.05, 0) is 25.1 Å². The molecule has 4 rings (SSSR count). The number of hydrogen-bond donors (Lipinski definition) is 0. The summed E-state index contributed by atoms with van der Waals surface area (Å²) in [4.78, 5) is 39.8. The minimum Gasteiger partial charge on any atom is -0.307 e. The molecule has 8 heteroatoms. The summed E-state index contributed by atoms with van der Waals surface area (Å²) in [5, 5.41) is 0.538. The first-order chi connectivity index (χ1) is 14.0. The van der Waals surface area contributed by atoms with E-state index in [2.05, 4.69) is 9.98 Å². The number of amides is 1. The van der Waals surface area contributed by atoms with E-state index in [0.29, 0.717) is 41.3 Å². The fourth-order valence-electron chi connectivity index (χ4n) is 3.70. The van der Waals surface area contributed by atoms with Crippen molar-refractivity contribution in [3.05, 3.63) is 52.7 Å². The Bertz CT molecular complexity index is 1250. The zero-order chi connectivity index (χ0) is 20.7. The molecule has 29 heavy (non-hydrogen) atoms. The molecule has 0 saturated carbocycles. The van der Waals surface area contributed by atoms with Gasteiger partial charge in [-0.15, -0.1) is 0 Å². The highest BCUT2D eigenvalue weighted by Gasteiger charge is 2.31. The van der Waals surface area contributed by atoms with E-state index in [0.717, 1.165) is 11.3 Å². The minimum atomic E-state index is -0.109. The zero-order valence-corrected chi connectivity index (χ0v) is 16.9. The molecule has 0 spiro atoms. The second kappa shape index (κ2) is 7.12. The van der Waals surface area contributed by atoms with Crippen LogP contribution in [0.25, 0.3) is 22.2 Å². The number of aromatic nitrogens is 4. The lowest BCUT2D eigenvalue weighted by atomic mass is 10.0. The Morgan fingerprint density at radius 2 is 2.07 bits per heavy atom. The molecule has 0 atom stereocenters. The van der Waals surface area contributed by atoms with Gasteiger partial charge in [-0.25, -0.2) is 9.97 Å². The van der Waals surface area contributed by atoms with Gasteiger partial charge in [0.05, 0.1) is 28.6 Å². The normalized spacial score (nSPS) is 14.2. The van der Waals surface area contributed by atoms with Crippen LogP contribution >= 0.6 is 0 Å². The number of hydrogen-bond acceptors (Lipinski definition) is 5. The maximum atomic E-state index is 12.6. The molecule has 0 N–H and O–H groups in total. The second-order valence-corrected chi connectivity index (χ2v) is 6.93. The summed E-state index contributed by atoms with van der Waals surface area (Å²) >= 11 is 0. The van der Waals surface area contributed by atoms with Crippen molar-refractivity contribution < 1.29 is 4.79 Å². The van der Waals surface area contributed by atoms with Crippen LogP contribution in [0.5, 0.6) is 0 Å². The number of anilines is 1. The highest BCUT2D eigenvalue weighted by atomic mass is 16.2. The number of carbonyl (C=O) groups excluding carboxylic acids is 1. The molecule has 1 aromatic carbocycles. The quantitative estimate of drug-likeness (QED) is 0.642. The molecule has 0 fully saturated rings. The number of benzene rings is 1. The molecule has 1 amide bonds. The van der Waals surface area contributed by atoms with Crippen LogP contribution in [0.3, 0.4) is 0 Å². The zero-order valence-electron chi connectivity index (χ0n) is 16.9. The van der Waals surface area contributed by atoms with Crippen molar-refractivity contribution in [1.82, 2.24) is 19.1 Å². The predicted octanol–water partition coefficient (Wildman–Crippen LogP) is 2.16. The van der Waals surface area contributed by atoms with E-state index in [1.165, 1.54) is 17.8 Å². The monoisotopic (exact) mass is 390 g/mol. The van der Waals surface area contributed by atoms with Crippen LogP contribution < -0.4 is 10.5 Å². The summed E-state index contributed by atoms with van der Waals surface area (Å²) in [5.41, 5.74) is 3.62. The third-order valence-electron chi connectivity index (χ3n) is 5.12. The number of allylic oxidation sites excluding steroid dienone is 2. The number of imidazole rings is 1. The van der Waals surface area contributed by atoms with Gasteiger partial charge in [-0.1, -0.05) is 12.1 Å². The molecule has 0 aliphatic carbocycles. The first kappa shape index (κ1) is 18.8. The molecule has 0 saturated heterocycles. The van der Waals surface area contributed by atoms with Gasteiger partial charge in [0.1, 0.15) is 5.69 Å². The highest BCUT2D eigenvalue weighted by molar-refractivity contribution is 6.12. The molecule has 2 aromatic heterocycles. The summed E-state index contributed by atoms with van der Waals surface area (Å²) in [5.74, 6) is 0.553. The number of aryl methyl sites for hydroxylation is 1. The topological polar surface area (TPSA) is 85.4 Å². The van der Waals surface area contributed by atoms with Crippen molar-refractivity contribution in [2.24, 2.45) is 12.0 Å². The molecule has 148 valence electrons. The lowest BCUT2D eigenvalue weighted by molar-refractivity contribution is -0.116. The highest BCUT2D eigenvalue weighted by Crippen LogP contribution is 2.34. The Balaban J connectivity index is 2.01. The summed E-state index contributed by atoms with van der Waals surface area (Å²) in [6.45, 7) is 4.66. The Morgan fingerprint density at radius 3 is 2.76 bits per heavy atom. The maximum Gasteiger partial charge on any atom is 0.260 e. The molecule has 0 bridgehead atoms. The Morgan fingerprint density at radius 1 is 1.28 bits per heavy atom. The number of carbonyl (C=O) groups is 1. The summed E-state index contributed by atoms with van der Waals surface area (Å²) < 4.78 is 3.48. The lowest BCUT2D eigenvalue weighted by Crippen LogP contribution is -2.26. The molecule has 3 aromatic rings. The van der Waals surface area contributed by atoms with E-state index < -0.39 is 0 Å². The van der Waals surface area contributed by atoms with Gasteiger partial charge in [-0.2, -0.15) is 0 Å². The van der Waals surface area contributed by atoms with E-state index in [-0.39, 0.29) is 11.5 Å². The average Bonchev–Trinajstić information content (AvgIpc) is 3.28.